The van der Waals surface area contributed by atoms with Gasteiger partial charge in [-0.25, -0.2) is 4.39 Å². The minimum absolute atomic E-state index is 0. The van der Waals surface area contributed by atoms with Crippen molar-refractivity contribution in [1.82, 2.24) is 10.6 Å². The maximum absolute atomic E-state index is 13.9. The normalized spacial score (nSPS) is 17.0. The number of aliphatic imine (C=N–C) groups is 1. The molecule has 1 saturated heterocycles. The molecule has 1 fully saturated rings. The van der Waals surface area contributed by atoms with Gasteiger partial charge >= 0.3 is 0 Å². The van der Waals surface area contributed by atoms with E-state index in [-0.39, 0.29) is 35.2 Å². The lowest BCUT2D eigenvalue weighted by molar-refractivity contribution is 0.0512. The highest BCUT2D eigenvalue weighted by molar-refractivity contribution is 14.0. The number of aryl methyl sites for hydroxylation is 1. The minimum Gasteiger partial charge on any atom is -0.381 e. The van der Waals surface area contributed by atoms with Gasteiger partial charge in [0.2, 0.25) is 0 Å². The maximum Gasteiger partial charge on any atom is 0.191 e. The van der Waals surface area contributed by atoms with E-state index in [9.17, 15) is 4.39 Å². The summed E-state index contributed by atoms with van der Waals surface area (Å²) in [6, 6.07) is 17.8. The summed E-state index contributed by atoms with van der Waals surface area (Å²) in [4.78, 5) is 4.40. The molecule has 0 bridgehead atoms. The molecule has 0 saturated carbocycles. The van der Waals surface area contributed by atoms with Crippen LogP contribution in [-0.2, 0) is 16.6 Å². The van der Waals surface area contributed by atoms with E-state index in [4.69, 9.17) is 4.74 Å². The summed E-state index contributed by atoms with van der Waals surface area (Å²) in [5.74, 6) is 0.596. The summed E-state index contributed by atoms with van der Waals surface area (Å²) in [7, 11) is 1.79. The molecule has 2 aromatic carbocycles. The average Bonchev–Trinajstić information content (AvgIpc) is 2.76. The largest absolute Gasteiger partial charge is 0.381 e. The van der Waals surface area contributed by atoms with Gasteiger partial charge in [0.05, 0.1) is 0 Å². The predicted octanol–water partition coefficient (Wildman–Crippen LogP) is 4.68. The van der Waals surface area contributed by atoms with Crippen LogP contribution >= 0.6 is 24.0 Å². The quantitative estimate of drug-likeness (QED) is 0.314. The lowest BCUT2D eigenvalue weighted by atomic mass is 9.74. The van der Waals surface area contributed by atoms with Crippen LogP contribution < -0.4 is 10.6 Å². The highest BCUT2D eigenvalue weighted by Gasteiger charge is 2.35. The van der Waals surface area contributed by atoms with Crippen molar-refractivity contribution in [1.29, 1.82) is 0 Å². The Morgan fingerprint density at radius 3 is 2.53 bits per heavy atom. The third-order valence-corrected chi connectivity index (χ3v) is 5.80. The van der Waals surface area contributed by atoms with E-state index < -0.39 is 0 Å². The summed E-state index contributed by atoms with van der Waals surface area (Å²) < 4.78 is 19.4. The second-order valence-electron chi connectivity index (χ2n) is 7.90. The van der Waals surface area contributed by atoms with Gasteiger partial charge in [-0.1, -0.05) is 42.5 Å². The number of guanidine groups is 1. The number of rotatable bonds is 7. The van der Waals surface area contributed by atoms with Crippen molar-refractivity contribution in [2.24, 2.45) is 4.99 Å². The molecule has 1 aliphatic heterocycles. The highest BCUT2D eigenvalue weighted by atomic mass is 127. The van der Waals surface area contributed by atoms with Crippen molar-refractivity contribution in [3.63, 3.8) is 0 Å². The summed E-state index contributed by atoms with van der Waals surface area (Å²) in [5, 5.41) is 6.98. The second-order valence-corrected chi connectivity index (χ2v) is 7.90. The Morgan fingerprint density at radius 2 is 1.87 bits per heavy atom. The van der Waals surface area contributed by atoms with E-state index >= 15 is 0 Å². The van der Waals surface area contributed by atoms with Gasteiger partial charge in [-0.2, -0.15) is 0 Å². The molecule has 0 radical (unpaired) electrons. The van der Waals surface area contributed by atoms with Crippen LogP contribution in [0.2, 0.25) is 0 Å². The molecule has 1 atom stereocenters. The fourth-order valence-corrected chi connectivity index (χ4v) is 3.93. The Kier molecular flexibility index (Phi) is 10.0. The molecule has 6 heteroatoms. The standard InChI is InChI=1S/C24H32FN3O.HI/c1-19(11-12-20-7-4-3-5-8-20)28-23(26-2)27-18-24(13-15-29-16-14-24)21-9-6-10-22(25)17-21;/h3-10,17,19H,11-16,18H2,1-2H3,(H2,26,27,28);1H. The van der Waals surface area contributed by atoms with Gasteiger partial charge < -0.3 is 15.4 Å². The van der Waals surface area contributed by atoms with Crippen molar-refractivity contribution in [3.8, 4) is 0 Å². The zero-order valence-electron chi connectivity index (χ0n) is 17.9. The summed E-state index contributed by atoms with van der Waals surface area (Å²) in [5.41, 5.74) is 2.22. The van der Waals surface area contributed by atoms with E-state index in [1.165, 1.54) is 11.6 Å². The molecule has 4 nitrogen and oxygen atoms in total. The molecule has 1 aliphatic rings. The van der Waals surface area contributed by atoms with Crippen LogP contribution in [0.1, 0.15) is 37.3 Å². The Balaban J connectivity index is 0.00000320. The van der Waals surface area contributed by atoms with Crippen LogP contribution in [0.3, 0.4) is 0 Å². The Morgan fingerprint density at radius 1 is 1.13 bits per heavy atom. The first-order valence-corrected chi connectivity index (χ1v) is 10.5. The van der Waals surface area contributed by atoms with Crippen LogP contribution in [0, 0.1) is 5.82 Å². The summed E-state index contributed by atoms with van der Waals surface area (Å²) in [6.45, 7) is 4.26. The van der Waals surface area contributed by atoms with Crippen molar-refractivity contribution in [2.45, 2.75) is 44.1 Å². The number of benzene rings is 2. The molecule has 1 heterocycles. The topological polar surface area (TPSA) is 45.7 Å². The predicted molar refractivity (Wildman–Crippen MR) is 132 cm³/mol. The van der Waals surface area contributed by atoms with E-state index in [0.29, 0.717) is 25.8 Å². The molecule has 2 N–H and O–H groups in total. The molecule has 0 spiro atoms. The second kappa shape index (κ2) is 12.2. The van der Waals surface area contributed by atoms with E-state index in [2.05, 4.69) is 46.8 Å². The molecule has 2 aromatic rings. The lowest BCUT2D eigenvalue weighted by Crippen LogP contribution is -2.49. The first kappa shape index (κ1) is 24.6. The van der Waals surface area contributed by atoms with Gasteiger partial charge in [-0.3, -0.25) is 4.99 Å². The van der Waals surface area contributed by atoms with Crippen molar-refractivity contribution in [2.75, 3.05) is 26.8 Å². The number of nitrogens with zero attached hydrogens (tertiary/aromatic N) is 1. The lowest BCUT2D eigenvalue weighted by Gasteiger charge is -2.38. The summed E-state index contributed by atoms with van der Waals surface area (Å²) >= 11 is 0. The molecule has 30 heavy (non-hydrogen) atoms. The third-order valence-electron chi connectivity index (χ3n) is 5.80. The average molecular weight is 525 g/mol. The van der Waals surface area contributed by atoms with Crippen LogP contribution in [0.25, 0.3) is 0 Å². The minimum atomic E-state index is -0.189. The SMILES string of the molecule is CN=C(NCC1(c2cccc(F)c2)CCOCC1)NC(C)CCc1ccccc1.I. The molecular formula is C24H33FIN3O. The zero-order chi connectivity index (χ0) is 20.5. The molecule has 0 aliphatic carbocycles. The number of halogens is 2. The van der Waals surface area contributed by atoms with Gasteiger partial charge in [0.15, 0.2) is 5.96 Å². The molecule has 0 amide bonds. The van der Waals surface area contributed by atoms with Gasteiger partial charge in [0.25, 0.3) is 0 Å². The highest BCUT2D eigenvalue weighted by Crippen LogP contribution is 2.34. The first-order valence-electron chi connectivity index (χ1n) is 10.5. The van der Waals surface area contributed by atoms with Crippen molar-refractivity contribution >= 4 is 29.9 Å². The zero-order valence-corrected chi connectivity index (χ0v) is 20.2. The van der Waals surface area contributed by atoms with Crippen molar-refractivity contribution < 1.29 is 9.13 Å². The van der Waals surface area contributed by atoms with E-state index in [0.717, 1.165) is 37.2 Å². The van der Waals surface area contributed by atoms with E-state index in [1.54, 1.807) is 19.2 Å². The van der Waals surface area contributed by atoms with Crippen LogP contribution in [-0.4, -0.2) is 38.8 Å². The van der Waals surface area contributed by atoms with Gasteiger partial charge in [-0.05, 0) is 55.9 Å². The molecule has 3 rings (SSSR count). The Hall–Kier alpha value is -1.67. The first-order chi connectivity index (χ1) is 14.1. The number of hydrogen-bond acceptors (Lipinski definition) is 2. The molecule has 164 valence electrons. The molecule has 0 aromatic heterocycles. The smallest absolute Gasteiger partial charge is 0.191 e. The van der Waals surface area contributed by atoms with Crippen LogP contribution in [0.5, 0.6) is 0 Å². The number of ether oxygens (including phenoxy) is 1. The third kappa shape index (κ3) is 6.94. The fraction of sp³-hybridized carbons (Fsp3) is 0.458. The van der Waals surface area contributed by atoms with Crippen LogP contribution in [0.15, 0.2) is 59.6 Å². The van der Waals surface area contributed by atoms with Crippen LogP contribution in [0.4, 0.5) is 4.39 Å². The monoisotopic (exact) mass is 525 g/mol. The Bertz CT molecular complexity index is 794. The fourth-order valence-electron chi connectivity index (χ4n) is 3.93. The summed E-state index contributed by atoms with van der Waals surface area (Å²) in [6.07, 6.45) is 3.78. The number of nitrogens with one attached hydrogen (secondary N) is 2. The van der Waals surface area contributed by atoms with Crippen molar-refractivity contribution in [3.05, 3.63) is 71.5 Å². The molecule has 1 unspecified atom stereocenters. The van der Waals surface area contributed by atoms with E-state index in [1.807, 2.05) is 12.1 Å². The maximum atomic E-state index is 13.9. The van der Waals surface area contributed by atoms with Gasteiger partial charge in [-0.15, -0.1) is 24.0 Å². The molecular weight excluding hydrogens is 492 g/mol. The Labute approximate surface area is 196 Å². The van der Waals surface area contributed by atoms with Gasteiger partial charge in [0, 0.05) is 38.3 Å². The van der Waals surface area contributed by atoms with Gasteiger partial charge in [0.1, 0.15) is 5.82 Å². The number of hydrogen-bond donors (Lipinski definition) is 2.